The van der Waals surface area contributed by atoms with Crippen LogP contribution in [0.3, 0.4) is 0 Å². The van der Waals surface area contributed by atoms with Crippen molar-refractivity contribution in [3.05, 3.63) is 58.9 Å². The van der Waals surface area contributed by atoms with E-state index >= 15 is 0 Å². The summed E-state index contributed by atoms with van der Waals surface area (Å²) in [5.41, 5.74) is 1.80. The zero-order chi connectivity index (χ0) is 17.8. The van der Waals surface area contributed by atoms with Gasteiger partial charge in [0.1, 0.15) is 5.69 Å². The van der Waals surface area contributed by atoms with Crippen molar-refractivity contribution < 1.29 is 19.5 Å². The third-order valence-electron chi connectivity index (χ3n) is 4.22. The fourth-order valence-corrected chi connectivity index (χ4v) is 2.79. The molecule has 2 amide bonds. The predicted molar refractivity (Wildman–Crippen MR) is 90.5 cm³/mol. The number of nitrogens with zero attached hydrogens (tertiary/aromatic N) is 1. The Morgan fingerprint density at radius 1 is 1.08 bits per heavy atom. The number of carboxylic acid groups (broad SMARTS) is 1. The highest BCUT2D eigenvalue weighted by Crippen LogP contribution is 2.13. The molecule has 7 nitrogen and oxygen atoms in total. The van der Waals surface area contributed by atoms with Crippen molar-refractivity contribution in [3.8, 4) is 0 Å². The summed E-state index contributed by atoms with van der Waals surface area (Å²) < 4.78 is 0. The molecule has 1 aliphatic heterocycles. The summed E-state index contributed by atoms with van der Waals surface area (Å²) in [6, 6.07) is 7.86. The van der Waals surface area contributed by atoms with Crippen LogP contribution in [0.25, 0.3) is 0 Å². The van der Waals surface area contributed by atoms with Crippen molar-refractivity contribution in [1.29, 1.82) is 0 Å². The summed E-state index contributed by atoms with van der Waals surface area (Å²) >= 11 is 0. The Morgan fingerprint density at radius 2 is 1.76 bits per heavy atom. The van der Waals surface area contributed by atoms with Crippen LogP contribution in [-0.2, 0) is 6.54 Å². The first-order valence-electron chi connectivity index (χ1n) is 8.13. The van der Waals surface area contributed by atoms with Gasteiger partial charge in [-0.05, 0) is 36.6 Å². The van der Waals surface area contributed by atoms with Crippen LogP contribution in [0.15, 0.2) is 36.5 Å². The summed E-state index contributed by atoms with van der Waals surface area (Å²) in [6.45, 7) is 1.79. The number of hydrogen-bond donors (Lipinski definition) is 3. The number of rotatable bonds is 5. The summed E-state index contributed by atoms with van der Waals surface area (Å²) in [4.78, 5) is 39.9. The fourth-order valence-electron chi connectivity index (χ4n) is 2.79. The van der Waals surface area contributed by atoms with E-state index < -0.39 is 5.97 Å². The highest BCUT2D eigenvalue weighted by molar-refractivity contribution is 5.99. The Bertz CT molecular complexity index is 789. The average Bonchev–Trinajstić information content (AvgIpc) is 3.31. The lowest BCUT2D eigenvalue weighted by Crippen LogP contribution is -2.27. The van der Waals surface area contributed by atoms with E-state index in [0.717, 1.165) is 31.5 Å². The van der Waals surface area contributed by atoms with E-state index in [0.29, 0.717) is 11.3 Å². The number of carbonyl (C=O) groups excluding carboxylic acids is 2. The lowest BCUT2D eigenvalue weighted by atomic mass is 10.1. The molecule has 2 aromatic rings. The van der Waals surface area contributed by atoms with E-state index in [4.69, 9.17) is 5.11 Å². The molecule has 1 aromatic heterocycles. The van der Waals surface area contributed by atoms with Crippen LogP contribution < -0.4 is 5.32 Å². The van der Waals surface area contributed by atoms with Crippen molar-refractivity contribution in [2.45, 2.75) is 19.4 Å². The van der Waals surface area contributed by atoms with Gasteiger partial charge < -0.3 is 20.3 Å². The van der Waals surface area contributed by atoms with E-state index in [1.165, 1.54) is 18.3 Å². The topological polar surface area (TPSA) is 102 Å². The third kappa shape index (κ3) is 3.88. The Labute approximate surface area is 144 Å². The number of carbonyl (C=O) groups is 3. The van der Waals surface area contributed by atoms with Gasteiger partial charge in [-0.3, -0.25) is 9.59 Å². The van der Waals surface area contributed by atoms with Crippen LogP contribution in [0.5, 0.6) is 0 Å². The van der Waals surface area contributed by atoms with Crippen molar-refractivity contribution in [1.82, 2.24) is 15.2 Å². The molecule has 1 aromatic carbocycles. The number of amides is 2. The van der Waals surface area contributed by atoms with Crippen LogP contribution in [0.2, 0.25) is 0 Å². The monoisotopic (exact) mass is 341 g/mol. The van der Waals surface area contributed by atoms with Gasteiger partial charge in [-0.1, -0.05) is 12.1 Å². The maximum atomic E-state index is 12.3. The molecular weight excluding hydrogens is 322 g/mol. The molecule has 0 radical (unpaired) electrons. The van der Waals surface area contributed by atoms with Crippen LogP contribution in [0.1, 0.15) is 49.6 Å². The van der Waals surface area contributed by atoms with E-state index in [1.54, 1.807) is 23.1 Å². The Balaban J connectivity index is 1.58. The van der Waals surface area contributed by atoms with Gasteiger partial charge >= 0.3 is 5.97 Å². The second-order valence-electron chi connectivity index (χ2n) is 5.99. The van der Waals surface area contributed by atoms with Crippen LogP contribution in [0, 0.1) is 0 Å². The standard InChI is InChI=1S/C18H19N3O4/c22-16(20-10-12-3-5-13(6-4-12)18(24)25)14-9-15(19-11-14)17(23)21-7-1-2-8-21/h3-6,9,11,19H,1-2,7-8,10H2,(H,20,22)(H,24,25). The first-order chi connectivity index (χ1) is 12.0. The van der Waals surface area contributed by atoms with Crippen molar-refractivity contribution in [3.63, 3.8) is 0 Å². The minimum Gasteiger partial charge on any atom is -0.478 e. The second kappa shape index (κ2) is 7.21. The maximum absolute atomic E-state index is 12.3. The minimum absolute atomic E-state index is 0.0826. The molecule has 3 N–H and O–H groups in total. The summed E-state index contributed by atoms with van der Waals surface area (Å²) in [6.07, 6.45) is 3.55. The number of nitrogens with one attached hydrogen (secondary N) is 2. The molecule has 2 heterocycles. The van der Waals surface area contributed by atoms with Crippen LogP contribution in [0.4, 0.5) is 0 Å². The minimum atomic E-state index is -0.988. The zero-order valence-corrected chi connectivity index (χ0v) is 13.6. The summed E-state index contributed by atoms with van der Waals surface area (Å²) in [7, 11) is 0. The van der Waals surface area contributed by atoms with Gasteiger partial charge in [0.2, 0.25) is 0 Å². The molecule has 1 aliphatic rings. The molecule has 0 bridgehead atoms. The Kier molecular flexibility index (Phi) is 4.83. The summed E-state index contributed by atoms with van der Waals surface area (Å²) in [5.74, 6) is -1.36. The van der Waals surface area contributed by atoms with Crippen molar-refractivity contribution in [2.75, 3.05) is 13.1 Å². The Morgan fingerprint density at radius 3 is 2.40 bits per heavy atom. The van der Waals surface area contributed by atoms with Gasteiger partial charge in [-0.2, -0.15) is 0 Å². The highest BCUT2D eigenvalue weighted by atomic mass is 16.4. The normalized spacial score (nSPS) is 13.7. The van der Waals surface area contributed by atoms with Gasteiger partial charge in [0, 0.05) is 25.8 Å². The number of aromatic carboxylic acids is 1. The molecule has 0 unspecified atom stereocenters. The van der Waals surface area contributed by atoms with E-state index in [-0.39, 0.29) is 23.9 Å². The maximum Gasteiger partial charge on any atom is 0.335 e. The first-order valence-corrected chi connectivity index (χ1v) is 8.13. The number of hydrogen-bond acceptors (Lipinski definition) is 3. The number of likely N-dealkylation sites (tertiary alicyclic amines) is 1. The van der Waals surface area contributed by atoms with Gasteiger partial charge in [-0.15, -0.1) is 0 Å². The Hall–Kier alpha value is -3.09. The van der Waals surface area contributed by atoms with Crippen molar-refractivity contribution in [2.24, 2.45) is 0 Å². The van der Waals surface area contributed by atoms with E-state index in [2.05, 4.69) is 10.3 Å². The number of carboxylic acids is 1. The van der Waals surface area contributed by atoms with Gasteiger partial charge in [0.25, 0.3) is 11.8 Å². The van der Waals surface area contributed by atoms with Gasteiger partial charge in [0.05, 0.1) is 11.1 Å². The molecule has 25 heavy (non-hydrogen) atoms. The second-order valence-corrected chi connectivity index (χ2v) is 5.99. The first kappa shape index (κ1) is 16.8. The number of benzene rings is 1. The average molecular weight is 341 g/mol. The number of aromatic amines is 1. The lowest BCUT2D eigenvalue weighted by molar-refractivity contribution is 0.0695. The molecule has 1 saturated heterocycles. The predicted octanol–water partition coefficient (Wildman–Crippen LogP) is 1.88. The van der Waals surface area contributed by atoms with Crippen LogP contribution in [-0.4, -0.2) is 45.9 Å². The fraction of sp³-hybridized carbons (Fsp3) is 0.278. The molecule has 1 fully saturated rings. The number of aromatic nitrogens is 1. The van der Waals surface area contributed by atoms with E-state index in [9.17, 15) is 14.4 Å². The molecule has 3 rings (SSSR count). The molecule has 0 saturated carbocycles. The molecule has 0 aliphatic carbocycles. The van der Waals surface area contributed by atoms with Crippen molar-refractivity contribution >= 4 is 17.8 Å². The molecular formula is C18H19N3O4. The number of H-pyrrole nitrogens is 1. The van der Waals surface area contributed by atoms with Crippen LogP contribution >= 0.6 is 0 Å². The SMILES string of the molecule is O=C(O)c1ccc(CNC(=O)c2c[nH]c(C(=O)N3CCCC3)c2)cc1. The summed E-state index contributed by atoms with van der Waals surface area (Å²) in [5, 5.41) is 11.6. The lowest BCUT2D eigenvalue weighted by Gasteiger charge is -2.13. The zero-order valence-electron chi connectivity index (χ0n) is 13.6. The van der Waals surface area contributed by atoms with E-state index in [1.807, 2.05) is 0 Å². The smallest absolute Gasteiger partial charge is 0.335 e. The molecule has 0 spiro atoms. The van der Waals surface area contributed by atoms with Gasteiger partial charge in [-0.25, -0.2) is 4.79 Å². The van der Waals surface area contributed by atoms with Gasteiger partial charge in [0.15, 0.2) is 0 Å². The molecule has 130 valence electrons. The quantitative estimate of drug-likeness (QED) is 0.772. The third-order valence-corrected chi connectivity index (χ3v) is 4.22. The largest absolute Gasteiger partial charge is 0.478 e. The highest BCUT2D eigenvalue weighted by Gasteiger charge is 2.21. The molecule has 0 atom stereocenters. The molecule has 7 heteroatoms.